The summed E-state index contributed by atoms with van der Waals surface area (Å²) in [5.41, 5.74) is 4.35. The van der Waals surface area contributed by atoms with Crippen LogP contribution in [0.1, 0.15) is 58.2 Å². The van der Waals surface area contributed by atoms with Crippen LogP contribution in [-0.2, 0) is 12.0 Å². The lowest BCUT2D eigenvalue weighted by molar-refractivity contribution is 0.0949. The molecule has 5 nitrogen and oxygen atoms in total. The molecule has 3 rings (SSSR count). The molecule has 0 saturated carbocycles. The Balaban J connectivity index is 1.56. The lowest BCUT2D eigenvalue weighted by atomic mass is 9.87. The van der Waals surface area contributed by atoms with Crippen LogP contribution in [0.4, 0.5) is 5.82 Å². The third-order valence-corrected chi connectivity index (χ3v) is 4.84. The van der Waals surface area contributed by atoms with E-state index in [1.165, 1.54) is 5.56 Å². The summed E-state index contributed by atoms with van der Waals surface area (Å²) in [6.07, 6.45) is 1.66. The summed E-state index contributed by atoms with van der Waals surface area (Å²) in [7, 11) is 0. The number of hydrogen-bond donors (Lipinski definition) is 2. The van der Waals surface area contributed by atoms with E-state index < -0.39 is 0 Å². The van der Waals surface area contributed by atoms with Crippen molar-refractivity contribution in [3.05, 3.63) is 94.7 Å². The molecule has 1 aromatic heterocycles. The minimum atomic E-state index is -0.220. The second-order valence-electron chi connectivity index (χ2n) is 8.38. The molecule has 2 aromatic carbocycles. The fraction of sp³-hybridized carbons (Fsp3) is 0.240. The van der Waals surface area contributed by atoms with E-state index in [1.807, 2.05) is 55.5 Å². The Morgan fingerprint density at radius 2 is 1.47 bits per heavy atom. The Bertz CT molecular complexity index is 1030. The highest BCUT2D eigenvalue weighted by Gasteiger charge is 2.14. The number of carbonyl (C=O) groups is 2. The molecule has 0 spiro atoms. The van der Waals surface area contributed by atoms with Gasteiger partial charge in [0.05, 0.1) is 0 Å². The Labute approximate surface area is 177 Å². The normalized spacial score (nSPS) is 11.1. The van der Waals surface area contributed by atoms with E-state index in [0.717, 1.165) is 11.1 Å². The molecule has 0 bridgehead atoms. The molecule has 0 radical (unpaired) electrons. The Morgan fingerprint density at radius 3 is 2.07 bits per heavy atom. The number of anilines is 1. The molecule has 0 saturated heterocycles. The minimum absolute atomic E-state index is 0.0540. The highest BCUT2D eigenvalue weighted by atomic mass is 16.2. The van der Waals surface area contributed by atoms with Gasteiger partial charge in [-0.1, -0.05) is 45.0 Å². The van der Waals surface area contributed by atoms with Crippen LogP contribution >= 0.6 is 0 Å². The van der Waals surface area contributed by atoms with Crippen molar-refractivity contribution in [2.75, 3.05) is 5.32 Å². The first-order valence-electron chi connectivity index (χ1n) is 9.94. The molecule has 0 aliphatic heterocycles. The fourth-order valence-corrected chi connectivity index (χ4v) is 2.97. The monoisotopic (exact) mass is 401 g/mol. The second-order valence-corrected chi connectivity index (χ2v) is 8.38. The van der Waals surface area contributed by atoms with E-state index >= 15 is 0 Å². The van der Waals surface area contributed by atoms with E-state index in [2.05, 4.69) is 36.4 Å². The number of carbonyl (C=O) groups excluding carboxylic acids is 2. The number of hydrogen-bond acceptors (Lipinski definition) is 3. The van der Waals surface area contributed by atoms with Gasteiger partial charge in [-0.25, -0.2) is 4.98 Å². The molecule has 1 heterocycles. The summed E-state index contributed by atoms with van der Waals surface area (Å²) >= 11 is 0. The number of pyridine rings is 1. The molecule has 0 unspecified atom stereocenters. The standard InChI is InChI=1S/C25H27N3O2/c1-17-13-14-26-22(15-17)28-24(30)20-7-5-18(6-8-20)16-27-23(29)19-9-11-21(12-10-19)25(2,3)4/h5-15H,16H2,1-4H3,(H,27,29)(H,26,28,30). The third-order valence-electron chi connectivity index (χ3n) is 4.84. The molecular formula is C25H27N3O2. The molecule has 3 aromatic rings. The molecule has 0 fully saturated rings. The minimum Gasteiger partial charge on any atom is -0.348 e. The topological polar surface area (TPSA) is 71.1 Å². The smallest absolute Gasteiger partial charge is 0.256 e. The first kappa shape index (κ1) is 21.2. The predicted octanol–water partition coefficient (Wildman–Crippen LogP) is 4.87. The van der Waals surface area contributed by atoms with Crippen LogP contribution in [0.25, 0.3) is 0 Å². The molecule has 2 amide bonds. The summed E-state index contributed by atoms with van der Waals surface area (Å²) < 4.78 is 0. The maximum Gasteiger partial charge on any atom is 0.256 e. The van der Waals surface area contributed by atoms with E-state index in [1.54, 1.807) is 18.3 Å². The van der Waals surface area contributed by atoms with Gasteiger partial charge in [-0.2, -0.15) is 0 Å². The van der Waals surface area contributed by atoms with Gasteiger partial charge in [0.2, 0.25) is 0 Å². The third kappa shape index (κ3) is 5.54. The summed E-state index contributed by atoms with van der Waals surface area (Å²) in [6.45, 7) is 8.76. The zero-order valence-electron chi connectivity index (χ0n) is 17.8. The van der Waals surface area contributed by atoms with Gasteiger partial charge < -0.3 is 10.6 Å². The molecular weight excluding hydrogens is 374 g/mol. The van der Waals surface area contributed by atoms with Gasteiger partial charge in [0.25, 0.3) is 11.8 Å². The largest absolute Gasteiger partial charge is 0.348 e. The average molecular weight is 402 g/mol. The molecule has 154 valence electrons. The van der Waals surface area contributed by atoms with Crippen LogP contribution < -0.4 is 10.6 Å². The van der Waals surface area contributed by atoms with E-state index in [4.69, 9.17) is 0 Å². The van der Waals surface area contributed by atoms with E-state index in [0.29, 0.717) is 23.5 Å². The first-order chi connectivity index (χ1) is 14.2. The van der Waals surface area contributed by atoms with Crippen molar-refractivity contribution in [3.63, 3.8) is 0 Å². The van der Waals surface area contributed by atoms with Crippen LogP contribution in [-0.4, -0.2) is 16.8 Å². The number of benzene rings is 2. The summed E-state index contributed by atoms with van der Waals surface area (Å²) in [4.78, 5) is 28.9. The van der Waals surface area contributed by atoms with E-state index in [9.17, 15) is 9.59 Å². The number of aromatic nitrogens is 1. The highest BCUT2D eigenvalue weighted by molar-refractivity contribution is 6.03. The average Bonchev–Trinajstić information content (AvgIpc) is 2.72. The maximum absolute atomic E-state index is 12.4. The number of amides is 2. The van der Waals surface area contributed by atoms with Crippen molar-refractivity contribution in [2.45, 2.75) is 39.7 Å². The quantitative estimate of drug-likeness (QED) is 0.641. The van der Waals surface area contributed by atoms with Gasteiger partial charge in [-0.15, -0.1) is 0 Å². The van der Waals surface area contributed by atoms with Crippen LogP contribution in [0.3, 0.4) is 0 Å². The number of aryl methyl sites for hydroxylation is 1. The summed E-state index contributed by atoms with van der Waals surface area (Å²) in [6, 6.07) is 18.5. The van der Waals surface area contributed by atoms with Crippen LogP contribution in [0.5, 0.6) is 0 Å². The van der Waals surface area contributed by atoms with Crippen molar-refractivity contribution >= 4 is 17.6 Å². The molecule has 0 aliphatic carbocycles. The first-order valence-corrected chi connectivity index (χ1v) is 9.94. The van der Waals surface area contributed by atoms with Crippen LogP contribution in [0.2, 0.25) is 0 Å². The molecule has 2 N–H and O–H groups in total. The number of nitrogens with zero attached hydrogens (tertiary/aromatic N) is 1. The lowest BCUT2D eigenvalue weighted by Crippen LogP contribution is -2.23. The SMILES string of the molecule is Cc1ccnc(NC(=O)c2ccc(CNC(=O)c3ccc(C(C)(C)C)cc3)cc2)c1. The van der Waals surface area contributed by atoms with Crippen molar-refractivity contribution in [1.29, 1.82) is 0 Å². The highest BCUT2D eigenvalue weighted by Crippen LogP contribution is 2.22. The Kier molecular flexibility index (Phi) is 6.31. The van der Waals surface area contributed by atoms with Crippen molar-refractivity contribution in [3.8, 4) is 0 Å². The predicted molar refractivity (Wildman–Crippen MR) is 120 cm³/mol. The fourth-order valence-electron chi connectivity index (χ4n) is 2.97. The Hall–Kier alpha value is -3.47. The lowest BCUT2D eigenvalue weighted by Gasteiger charge is -2.19. The summed E-state index contributed by atoms with van der Waals surface area (Å²) in [5.74, 6) is 0.180. The number of rotatable bonds is 5. The van der Waals surface area contributed by atoms with Gasteiger partial charge >= 0.3 is 0 Å². The van der Waals surface area contributed by atoms with Crippen LogP contribution in [0, 0.1) is 6.92 Å². The van der Waals surface area contributed by atoms with Gasteiger partial charge in [-0.05, 0) is 65.4 Å². The molecule has 0 aliphatic rings. The zero-order valence-corrected chi connectivity index (χ0v) is 17.8. The van der Waals surface area contributed by atoms with E-state index in [-0.39, 0.29) is 17.2 Å². The van der Waals surface area contributed by atoms with Gasteiger partial charge in [0, 0.05) is 23.9 Å². The van der Waals surface area contributed by atoms with Crippen LogP contribution in [0.15, 0.2) is 66.9 Å². The molecule has 0 atom stereocenters. The Morgan fingerprint density at radius 1 is 0.867 bits per heavy atom. The van der Waals surface area contributed by atoms with Gasteiger partial charge in [0.15, 0.2) is 0 Å². The summed E-state index contributed by atoms with van der Waals surface area (Å²) in [5, 5.41) is 5.70. The van der Waals surface area contributed by atoms with Crippen molar-refractivity contribution in [1.82, 2.24) is 10.3 Å². The maximum atomic E-state index is 12.4. The molecule has 30 heavy (non-hydrogen) atoms. The number of nitrogens with one attached hydrogen (secondary N) is 2. The van der Waals surface area contributed by atoms with Crippen molar-refractivity contribution in [2.24, 2.45) is 0 Å². The second kappa shape index (κ2) is 8.91. The van der Waals surface area contributed by atoms with Gasteiger partial charge in [0.1, 0.15) is 5.82 Å². The zero-order chi connectivity index (χ0) is 21.7. The van der Waals surface area contributed by atoms with Crippen molar-refractivity contribution < 1.29 is 9.59 Å². The molecule has 5 heteroatoms. The van der Waals surface area contributed by atoms with Gasteiger partial charge in [-0.3, -0.25) is 9.59 Å².